The Bertz CT molecular complexity index is 892. The van der Waals surface area contributed by atoms with E-state index in [1.807, 2.05) is 0 Å². The molecule has 0 aliphatic heterocycles. The van der Waals surface area contributed by atoms with Gasteiger partial charge in [0.25, 0.3) is 16.0 Å². The van der Waals surface area contributed by atoms with Crippen molar-refractivity contribution >= 4 is 32.8 Å². The first-order chi connectivity index (χ1) is 11.2. The number of hydrogen-bond acceptors (Lipinski definition) is 5. The number of carbonyl (C=O) groups is 2. The maximum Gasteiger partial charge on any atom is 0.327 e. The molecule has 1 amide bonds. The van der Waals surface area contributed by atoms with Crippen LogP contribution in [0, 0.1) is 0 Å². The monoisotopic (exact) mass is 353 g/mol. The molecule has 0 fully saturated rings. The van der Waals surface area contributed by atoms with Gasteiger partial charge in [-0.2, -0.15) is 8.42 Å². The van der Waals surface area contributed by atoms with Gasteiger partial charge < -0.3 is 15.2 Å². The van der Waals surface area contributed by atoms with Crippen LogP contribution in [0.15, 0.2) is 36.4 Å². The fraction of sp³-hybridized carbons (Fsp3) is 0.200. The van der Waals surface area contributed by atoms with Crippen molar-refractivity contribution in [1.82, 2.24) is 5.32 Å². The van der Waals surface area contributed by atoms with Crippen LogP contribution in [0.1, 0.15) is 10.4 Å². The zero-order valence-corrected chi connectivity index (χ0v) is 13.4. The van der Waals surface area contributed by atoms with Crippen LogP contribution in [-0.4, -0.2) is 48.9 Å². The van der Waals surface area contributed by atoms with Crippen molar-refractivity contribution in [3.63, 3.8) is 0 Å². The molecule has 0 aromatic heterocycles. The quantitative estimate of drug-likeness (QED) is 0.658. The Balaban J connectivity index is 2.45. The third kappa shape index (κ3) is 4.00. The number of aliphatic carboxylic acids is 1. The first-order valence-electron chi connectivity index (χ1n) is 6.77. The number of fused-ring (bicyclic) bond motifs is 1. The molecule has 0 saturated carbocycles. The molecule has 0 bridgehead atoms. The van der Waals surface area contributed by atoms with E-state index in [1.165, 1.54) is 7.11 Å². The van der Waals surface area contributed by atoms with Gasteiger partial charge in [-0.25, -0.2) is 4.79 Å². The van der Waals surface area contributed by atoms with Crippen LogP contribution < -0.4 is 10.1 Å². The molecule has 2 aromatic carbocycles. The Morgan fingerprint density at radius 1 is 1.21 bits per heavy atom. The molecule has 9 heteroatoms. The van der Waals surface area contributed by atoms with E-state index in [9.17, 15) is 18.0 Å². The number of carboxylic acid groups (broad SMARTS) is 1. The normalized spacial score (nSPS) is 12.6. The number of benzene rings is 2. The predicted molar refractivity (Wildman–Crippen MR) is 85.8 cm³/mol. The molecule has 0 saturated heterocycles. The van der Waals surface area contributed by atoms with Gasteiger partial charge in [0.1, 0.15) is 17.5 Å². The zero-order valence-electron chi connectivity index (χ0n) is 12.6. The van der Waals surface area contributed by atoms with Crippen molar-refractivity contribution in [2.45, 2.75) is 6.04 Å². The van der Waals surface area contributed by atoms with Crippen molar-refractivity contribution < 1.29 is 32.4 Å². The van der Waals surface area contributed by atoms with Gasteiger partial charge in [0.05, 0.1) is 12.7 Å². The summed E-state index contributed by atoms with van der Waals surface area (Å²) < 4.78 is 35.8. The number of amides is 1. The topological polar surface area (TPSA) is 130 Å². The number of carbonyl (C=O) groups excluding carboxylic acids is 1. The van der Waals surface area contributed by atoms with E-state index >= 15 is 0 Å². The van der Waals surface area contributed by atoms with Gasteiger partial charge in [-0.05, 0) is 16.8 Å². The molecule has 2 aromatic rings. The molecule has 8 nitrogen and oxygen atoms in total. The van der Waals surface area contributed by atoms with Gasteiger partial charge >= 0.3 is 5.97 Å². The molecule has 1 atom stereocenters. The standard InChI is InChI=1S/C15H15NO7S/c1-23-12-7-6-9-4-2-3-5-10(9)13(12)14(17)16-11(15(18)19)8-24(20,21)22/h2-7,11H,8H2,1H3,(H,16,17)(H,18,19)(H,20,21,22)/t11-/m0/s1. The van der Waals surface area contributed by atoms with Gasteiger partial charge in [0.2, 0.25) is 0 Å². The minimum atomic E-state index is -4.58. The van der Waals surface area contributed by atoms with Crippen LogP contribution in [0.2, 0.25) is 0 Å². The van der Waals surface area contributed by atoms with Crippen molar-refractivity contribution in [3.8, 4) is 5.75 Å². The fourth-order valence-electron chi connectivity index (χ4n) is 2.27. The van der Waals surface area contributed by atoms with Crippen LogP contribution in [0.5, 0.6) is 5.75 Å². The van der Waals surface area contributed by atoms with Gasteiger partial charge in [-0.3, -0.25) is 9.35 Å². The third-order valence-corrected chi connectivity index (χ3v) is 4.07. The molecule has 24 heavy (non-hydrogen) atoms. The van der Waals surface area contributed by atoms with Gasteiger partial charge in [0.15, 0.2) is 0 Å². The SMILES string of the molecule is COc1ccc2ccccc2c1C(=O)N[C@@H](CS(=O)(=O)O)C(=O)O. The number of methoxy groups -OCH3 is 1. The summed E-state index contributed by atoms with van der Waals surface area (Å²) in [6.45, 7) is 0. The largest absolute Gasteiger partial charge is 0.496 e. The highest BCUT2D eigenvalue weighted by molar-refractivity contribution is 7.85. The second-order valence-electron chi connectivity index (χ2n) is 4.98. The summed E-state index contributed by atoms with van der Waals surface area (Å²) >= 11 is 0. The first kappa shape index (κ1) is 17.7. The molecule has 128 valence electrons. The van der Waals surface area contributed by atoms with E-state index in [0.717, 1.165) is 5.39 Å². The Labute approximate surface area is 137 Å². The number of ether oxygens (including phenoxy) is 1. The summed E-state index contributed by atoms with van der Waals surface area (Å²) in [5.41, 5.74) is 0.0807. The Morgan fingerprint density at radius 2 is 1.88 bits per heavy atom. The van der Waals surface area contributed by atoms with E-state index in [2.05, 4.69) is 5.32 Å². The van der Waals surface area contributed by atoms with Gasteiger partial charge in [-0.15, -0.1) is 0 Å². The highest BCUT2D eigenvalue weighted by Crippen LogP contribution is 2.27. The van der Waals surface area contributed by atoms with Crippen LogP contribution in [0.4, 0.5) is 0 Å². The zero-order chi connectivity index (χ0) is 17.9. The average molecular weight is 353 g/mol. The minimum Gasteiger partial charge on any atom is -0.496 e. The first-order valence-corrected chi connectivity index (χ1v) is 8.38. The molecular weight excluding hydrogens is 338 g/mol. The summed E-state index contributed by atoms with van der Waals surface area (Å²) in [6, 6.07) is 8.38. The van der Waals surface area contributed by atoms with Crippen molar-refractivity contribution in [2.24, 2.45) is 0 Å². The van der Waals surface area contributed by atoms with Crippen LogP contribution in [0.25, 0.3) is 10.8 Å². The lowest BCUT2D eigenvalue weighted by Gasteiger charge is -2.16. The molecular formula is C15H15NO7S. The lowest BCUT2D eigenvalue weighted by atomic mass is 10.0. The van der Waals surface area contributed by atoms with E-state index < -0.39 is 33.8 Å². The second-order valence-corrected chi connectivity index (χ2v) is 6.47. The molecule has 0 aliphatic rings. The van der Waals surface area contributed by atoms with Gasteiger partial charge in [-0.1, -0.05) is 30.3 Å². The average Bonchev–Trinajstić information content (AvgIpc) is 2.51. The van der Waals surface area contributed by atoms with E-state index in [0.29, 0.717) is 5.39 Å². The van der Waals surface area contributed by atoms with E-state index in [1.54, 1.807) is 36.4 Å². The predicted octanol–water partition coefficient (Wildman–Crippen LogP) is 0.919. The van der Waals surface area contributed by atoms with Crippen LogP contribution >= 0.6 is 0 Å². The Hall–Kier alpha value is -2.65. The van der Waals surface area contributed by atoms with E-state index in [4.69, 9.17) is 14.4 Å². The van der Waals surface area contributed by atoms with Crippen LogP contribution in [-0.2, 0) is 14.9 Å². The van der Waals surface area contributed by atoms with Crippen molar-refractivity contribution in [1.29, 1.82) is 0 Å². The van der Waals surface area contributed by atoms with Crippen LogP contribution in [0.3, 0.4) is 0 Å². The number of nitrogens with one attached hydrogen (secondary N) is 1. The molecule has 0 radical (unpaired) electrons. The van der Waals surface area contributed by atoms with Crippen molar-refractivity contribution in [2.75, 3.05) is 12.9 Å². The van der Waals surface area contributed by atoms with E-state index in [-0.39, 0.29) is 11.3 Å². The summed E-state index contributed by atoms with van der Waals surface area (Å²) in [5.74, 6) is -3.33. The smallest absolute Gasteiger partial charge is 0.327 e. The molecule has 2 rings (SSSR count). The minimum absolute atomic E-state index is 0.0807. The summed E-state index contributed by atoms with van der Waals surface area (Å²) in [4.78, 5) is 23.6. The number of rotatable bonds is 6. The number of carboxylic acids is 1. The summed E-state index contributed by atoms with van der Waals surface area (Å²) in [7, 11) is -3.23. The molecule has 0 aliphatic carbocycles. The lowest BCUT2D eigenvalue weighted by Crippen LogP contribution is -2.45. The molecule has 0 spiro atoms. The Kier molecular flexibility index (Phi) is 5.05. The lowest BCUT2D eigenvalue weighted by molar-refractivity contribution is -0.138. The summed E-state index contributed by atoms with van der Waals surface area (Å²) in [5, 5.41) is 12.4. The van der Waals surface area contributed by atoms with Crippen molar-refractivity contribution in [3.05, 3.63) is 42.0 Å². The second kappa shape index (κ2) is 6.85. The van der Waals surface area contributed by atoms with Gasteiger partial charge in [0, 0.05) is 0 Å². The fourth-order valence-corrected chi connectivity index (χ4v) is 2.92. The highest BCUT2D eigenvalue weighted by atomic mass is 32.2. The molecule has 3 N–H and O–H groups in total. The maximum absolute atomic E-state index is 12.5. The molecule has 0 heterocycles. The highest BCUT2D eigenvalue weighted by Gasteiger charge is 2.28. The third-order valence-electron chi connectivity index (χ3n) is 3.32. The molecule has 0 unspecified atom stereocenters. The summed E-state index contributed by atoms with van der Waals surface area (Å²) in [6.07, 6.45) is 0. The Morgan fingerprint density at radius 3 is 2.46 bits per heavy atom. The number of hydrogen-bond donors (Lipinski definition) is 3. The maximum atomic E-state index is 12.5.